The van der Waals surface area contributed by atoms with Crippen molar-refractivity contribution in [3.63, 3.8) is 0 Å². The van der Waals surface area contributed by atoms with E-state index in [9.17, 15) is 24.0 Å². The quantitative estimate of drug-likeness (QED) is 0.0921. The third-order valence-electron chi connectivity index (χ3n) is 7.98. The highest BCUT2D eigenvalue weighted by Gasteiger charge is 2.30. The topological polar surface area (TPSA) is 134 Å². The zero-order valence-corrected chi connectivity index (χ0v) is 28.2. The van der Waals surface area contributed by atoms with Gasteiger partial charge in [-0.2, -0.15) is 0 Å². The molecular weight excluding hydrogens is 638 g/mol. The average molecular weight is 678 g/mol. The lowest BCUT2D eigenvalue weighted by molar-refractivity contribution is -0.155. The molecule has 0 radical (unpaired) electrons. The fourth-order valence-corrected chi connectivity index (χ4v) is 5.60. The molecule has 1 aliphatic carbocycles. The fourth-order valence-electron chi connectivity index (χ4n) is 5.60. The number of amides is 1. The van der Waals surface area contributed by atoms with Gasteiger partial charge in [-0.05, 0) is 67.1 Å². The zero-order valence-electron chi connectivity index (χ0n) is 28.2. The molecule has 258 valence electrons. The Kier molecular flexibility index (Phi) is 11.4. The van der Waals surface area contributed by atoms with Crippen LogP contribution in [-0.2, 0) is 35.1 Å². The van der Waals surface area contributed by atoms with Crippen molar-refractivity contribution in [2.45, 2.75) is 57.8 Å². The molecule has 4 aromatic rings. The number of benzene rings is 4. The molecule has 5 rings (SSSR count). The van der Waals surface area contributed by atoms with E-state index in [1.54, 1.807) is 63.2 Å². The first-order chi connectivity index (χ1) is 24.0. The van der Waals surface area contributed by atoms with E-state index in [1.807, 2.05) is 48.5 Å². The summed E-state index contributed by atoms with van der Waals surface area (Å²) in [6.45, 7) is 4.69. The second-order valence-electron chi connectivity index (χ2n) is 12.8. The van der Waals surface area contributed by atoms with Crippen LogP contribution in [0.1, 0.15) is 76.9 Å². The van der Waals surface area contributed by atoms with Crippen LogP contribution in [0.5, 0.6) is 0 Å². The van der Waals surface area contributed by atoms with Gasteiger partial charge in [-0.1, -0.05) is 91.0 Å². The summed E-state index contributed by atoms with van der Waals surface area (Å²) in [6, 6.07) is 29.3. The number of rotatable bonds is 13. The molecule has 0 saturated carbocycles. The van der Waals surface area contributed by atoms with E-state index in [-0.39, 0.29) is 43.3 Å². The van der Waals surface area contributed by atoms with Crippen LogP contribution in [-0.4, -0.2) is 54.6 Å². The summed E-state index contributed by atoms with van der Waals surface area (Å²) >= 11 is 0. The maximum atomic E-state index is 13.2. The maximum Gasteiger partial charge on any atom is 0.407 e. The number of esters is 3. The lowest BCUT2D eigenvalue weighted by atomic mass is 9.98. The molecule has 0 unspecified atom stereocenters. The first kappa shape index (κ1) is 35.5. The second kappa shape index (κ2) is 16.1. The van der Waals surface area contributed by atoms with Crippen molar-refractivity contribution in [1.82, 2.24) is 5.32 Å². The number of ether oxygens (including phenoxy) is 4. The van der Waals surface area contributed by atoms with E-state index in [2.05, 4.69) is 5.32 Å². The molecule has 10 heteroatoms. The maximum absolute atomic E-state index is 13.2. The molecule has 0 aliphatic heterocycles. The summed E-state index contributed by atoms with van der Waals surface area (Å²) in [4.78, 5) is 63.4. The summed E-state index contributed by atoms with van der Waals surface area (Å²) in [7, 11) is 0. The molecule has 1 amide bonds. The minimum Gasteiger partial charge on any atom is -0.460 e. The Bertz CT molecular complexity index is 1800. The monoisotopic (exact) mass is 677 g/mol. The molecule has 1 atom stereocenters. The Morgan fingerprint density at radius 2 is 1.30 bits per heavy atom. The molecule has 0 bridgehead atoms. The summed E-state index contributed by atoms with van der Waals surface area (Å²) in [6.07, 6.45) is -1.05. The molecule has 0 fully saturated rings. The van der Waals surface area contributed by atoms with E-state index in [0.29, 0.717) is 11.1 Å². The molecule has 0 heterocycles. The van der Waals surface area contributed by atoms with E-state index in [0.717, 1.165) is 22.3 Å². The lowest BCUT2D eigenvalue weighted by Gasteiger charge is -2.21. The molecule has 1 aliphatic rings. The minimum absolute atomic E-state index is 0.0445. The summed E-state index contributed by atoms with van der Waals surface area (Å²) in [5.41, 5.74) is 4.75. The van der Waals surface area contributed by atoms with Gasteiger partial charge in [-0.15, -0.1) is 0 Å². The Labute approximate surface area is 290 Å². The SMILES string of the molecule is CC(C)(C)OC(=O)CC[C@H](NC(=O)OCC1c2ccccc2-c2ccccc21)C(=O)OCc1ccc(C(=O)OCC(=O)c2ccccc2)cc1. The van der Waals surface area contributed by atoms with Crippen molar-refractivity contribution in [3.8, 4) is 11.1 Å². The predicted octanol–water partition coefficient (Wildman–Crippen LogP) is 6.80. The van der Waals surface area contributed by atoms with Gasteiger partial charge in [0.15, 0.2) is 12.4 Å². The van der Waals surface area contributed by atoms with Gasteiger partial charge in [0.2, 0.25) is 0 Å². The standard InChI is InChI=1S/C40H39NO9/c1-40(2,3)50-36(43)22-21-34(41-39(46)49-24-33-31-15-9-7-13-29(31)30-14-8-10-16-32(30)33)38(45)47-23-26-17-19-28(20-18-26)37(44)48-25-35(42)27-11-5-4-6-12-27/h4-20,33-34H,21-25H2,1-3H3,(H,41,46)/t34-/m0/s1. The number of carbonyl (C=O) groups is 5. The molecule has 0 spiro atoms. The third kappa shape index (κ3) is 9.43. The Hall–Kier alpha value is -5.77. The van der Waals surface area contributed by atoms with Crippen LogP contribution in [0.15, 0.2) is 103 Å². The number of hydrogen-bond acceptors (Lipinski definition) is 9. The molecule has 1 N–H and O–H groups in total. The van der Waals surface area contributed by atoms with Crippen molar-refractivity contribution in [2.75, 3.05) is 13.2 Å². The van der Waals surface area contributed by atoms with E-state index in [4.69, 9.17) is 18.9 Å². The molecular formula is C40H39NO9. The highest BCUT2D eigenvalue weighted by atomic mass is 16.6. The number of Topliss-reactive ketones (excluding diaryl/α,β-unsaturated/α-hetero) is 1. The number of ketones is 1. The van der Waals surface area contributed by atoms with Crippen LogP contribution in [0.4, 0.5) is 4.79 Å². The van der Waals surface area contributed by atoms with Crippen LogP contribution < -0.4 is 5.32 Å². The first-order valence-corrected chi connectivity index (χ1v) is 16.3. The molecule has 50 heavy (non-hydrogen) atoms. The summed E-state index contributed by atoms with van der Waals surface area (Å²) in [5.74, 6) is -2.48. The largest absolute Gasteiger partial charge is 0.460 e. The smallest absolute Gasteiger partial charge is 0.407 e. The molecule has 0 saturated heterocycles. The van der Waals surface area contributed by atoms with Crippen LogP contribution in [0.3, 0.4) is 0 Å². The molecule has 4 aromatic carbocycles. The summed E-state index contributed by atoms with van der Waals surface area (Å²) in [5, 5.41) is 2.57. The van der Waals surface area contributed by atoms with Crippen molar-refractivity contribution >= 4 is 29.8 Å². The van der Waals surface area contributed by atoms with Gasteiger partial charge in [-0.3, -0.25) is 9.59 Å². The minimum atomic E-state index is -1.20. The van der Waals surface area contributed by atoms with Gasteiger partial charge < -0.3 is 24.3 Å². The van der Waals surface area contributed by atoms with E-state index in [1.165, 1.54) is 12.1 Å². The number of carbonyl (C=O) groups excluding carboxylic acids is 5. The zero-order chi connectivity index (χ0) is 35.7. The number of alkyl carbamates (subject to hydrolysis) is 1. The van der Waals surface area contributed by atoms with Crippen molar-refractivity contribution in [1.29, 1.82) is 0 Å². The normalized spacial score (nSPS) is 12.5. The average Bonchev–Trinajstić information content (AvgIpc) is 3.43. The van der Waals surface area contributed by atoms with Crippen LogP contribution in [0, 0.1) is 0 Å². The lowest BCUT2D eigenvalue weighted by Crippen LogP contribution is -2.43. The van der Waals surface area contributed by atoms with Gasteiger partial charge in [0, 0.05) is 17.9 Å². The predicted molar refractivity (Wildman–Crippen MR) is 184 cm³/mol. The molecule has 10 nitrogen and oxygen atoms in total. The van der Waals surface area contributed by atoms with Gasteiger partial charge in [0.25, 0.3) is 0 Å². The van der Waals surface area contributed by atoms with Gasteiger partial charge in [0.05, 0.1) is 5.56 Å². The van der Waals surface area contributed by atoms with E-state index < -0.39 is 42.3 Å². The van der Waals surface area contributed by atoms with Crippen LogP contribution in [0.25, 0.3) is 11.1 Å². The number of hydrogen-bond donors (Lipinski definition) is 1. The van der Waals surface area contributed by atoms with Crippen molar-refractivity contribution < 1.29 is 42.9 Å². The highest BCUT2D eigenvalue weighted by Crippen LogP contribution is 2.44. The van der Waals surface area contributed by atoms with Crippen LogP contribution in [0.2, 0.25) is 0 Å². The van der Waals surface area contributed by atoms with Gasteiger partial charge >= 0.3 is 24.0 Å². The number of nitrogens with one attached hydrogen (secondary N) is 1. The van der Waals surface area contributed by atoms with Gasteiger partial charge in [-0.25, -0.2) is 14.4 Å². The van der Waals surface area contributed by atoms with Crippen molar-refractivity contribution in [3.05, 3.63) is 131 Å². The Morgan fingerprint density at radius 3 is 1.92 bits per heavy atom. The third-order valence-corrected chi connectivity index (χ3v) is 7.98. The Morgan fingerprint density at radius 1 is 0.700 bits per heavy atom. The Balaban J connectivity index is 1.17. The van der Waals surface area contributed by atoms with E-state index >= 15 is 0 Å². The fraction of sp³-hybridized carbons (Fsp3) is 0.275. The number of fused-ring (bicyclic) bond motifs is 3. The first-order valence-electron chi connectivity index (χ1n) is 16.3. The van der Waals surface area contributed by atoms with Crippen molar-refractivity contribution in [2.24, 2.45) is 0 Å². The summed E-state index contributed by atoms with van der Waals surface area (Å²) < 4.78 is 21.7. The second-order valence-corrected chi connectivity index (χ2v) is 12.8. The van der Waals surface area contributed by atoms with Gasteiger partial charge in [0.1, 0.15) is 24.9 Å². The highest BCUT2D eigenvalue weighted by molar-refractivity contribution is 5.99. The van der Waals surface area contributed by atoms with Crippen LogP contribution >= 0.6 is 0 Å². The molecule has 0 aromatic heterocycles.